The molecular formula is C45H37N5. The predicted octanol–water partition coefficient (Wildman–Crippen LogP) is 10.4. The van der Waals surface area contributed by atoms with Gasteiger partial charge in [-0.1, -0.05) is 78.9 Å². The highest BCUT2D eigenvalue weighted by Gasteiger charge is 2.17. The van der Waals surface area contributed by atoms with Crippen molar-refractivity contribution in [3.8, 4) is 27.9 Å². The number of fused-ring (bicyclic) bond motifs is 5. The first-order valence-electron chi connectivity index (χ1n) is 16.8. The molecule has 1 aliphatic heterocycles. The van der Waals surface area contributed by atoms with Crippen LogP contribution < -0.4 is 11.1 Å². The van der Waals surface area contributed by atoms with Gasteiger partial charge >= 0.3 is 0 Å². The van der Waals surface area contributed by atoms with Crippen LogP contribution in [0.15, 0.2) is 164 Å². The monoisotopic (exact) mass is 647 g/mol. The van der Waals surface area contributed by atoms with Crippen molar-refractivity contribution in [3.05, 3.63) is 175 Å². The average Bonchev–Trinajstić information content (AvgIpc) is 3.51. The summed E-state index contributed by atoms with van der Waals surface area (Å²) in [5, 5.41) is 8.17. The van der Waals surface area contributed by atoms with E-state index in [1.54, 1.807) is 6.20 Å². The van der Waals surface area contributed by atoms with E-state index in [0.717, 1.165) is 57.0 Å². The summed E-state index contributed by atoms with van der Waals surface area (Å²) in [6.45, 7) is 8.76. The maximum atomic E-state index is 6.03. The van der Waals surface area contributed by atoms with Crippen LogP contribution in [0.5, 0.6) is 0 Å². The van der Waals surface area contributed by atoms with Gasteiger partial charge in [-0.3, -0.25) is 9.97 Å². The number of rotatable bonds is 7. The lowest BCUT2D eigenvalue weighted by Gasteiger charge is -2.14. The van der Waals surface area contributed by atoms with Crippen LogP contribution in [0.3, 0.4) is 0 Å². The molecular weight excluding hydrogens is 611 g/mol. The lowest BCUT2D eigenvalue weighted by Crippen LogP contribution is -2.14. The number of para-hydroxylation sites is 1. The van der Waals surface area contributed by atoms with Crippen molar-refractivity contribution in [2.75, 3.05) is 6.54 Å². The second kappa shape index (κ2) is 12.9. The Balaban J connectivity index is 1.28. The minimum atomic E-state index is 0.774. The summed E-state index contributed by atoms with van der Waals surface area (Å²) in [5.41, 5.74) is 20.1. The molecule has 0 radical (unpaired) electrons. The number of dihydropyridines is 1. The second-order valence-corrected chi connectivity index (χ2v) is 12.8. The molecule has 242 valence electrons. The standard InChI is InChI=1S/C45H37N5/c1-4-29(2)20-36(26-46)42-23-34(17-18-48-42)32-11-14-40-41-15-12-35-22-31(33-16-19-49-43(24-33)37-21-30(3)27-47-28-37)10-13-39(35)45(41)50(44(40)25-32)38-8-6-5-7-9-38/h4-27,47H,1,28,46H2,2-3H3/b29-20-,36-26+. The topological polar surface area (TPSA) is 68.8 Å². The molecule has 0 saturated heterocycles. The molecule has 50 heavy (non-hydrogen) atoms. The van der Waals surface area contributed by atoms with Crippen LogP contribution >= 0.6 is 0 Å². The quantitative estimate of drug-likeness (QED) is 0.169. The van der Waals surface area contributed by atoms with Crippen molar-refractivity contribution in [1.82, 2.24) is 19.9 Å². The highest BCUT2D eigenvalue weighted by molar-refractivity contribution is 6.19. The summed E-state index contributed by atoms with van der Waals surface area (Å²) in [4.78, 5) is 9.34. The fourth-order valence-electron chi connectivity index (χ4n) is 6.96. The van der Waals surface area contributed by atoms with Crippen molar-refractivity contribution in [3.63, 3.8) is 0 Å². The van der Waals surface area contributed by atoms with E-state index in [0.29, 0.717) is 0 Å². The van der Waals surface area contributed by atoms with Gasteiger partial charge in [-0.15, -0.1) is 0 Å². The molecule has 5 nitrogen and oxygen atoms in total. The zero-order chi connectivity index (χ0) is 34.2. The fraction of sp³-hybridized carbons (Fsp3) is 0.0667. The SMILES string of the molecule is C=C/C(C)=C\C(=C/N)c1cc(-c2ccc3c4ccc5cc(-c6ccnc(C7=CC(C)=CNC7)c6)ccc5c4n(-c4ccccc4)c3c2)ccn1. The number of benzene rings is 4. The molecule has 3 aromatic heterocycles. The Labute approximate surface area is 292 Å². The minimum Gasteiger partial charge on any atom is -0.404 e. The van der Waals surface area contributed by atoms with Crippen LogP contribution in [0.4, 0.5) is 0 Å². The minimum absolute atomic E-state index is 0.774. The molecule has 0 aliphatic carbocycles. The number of nitrogens with one attached hydrogen (secondary N) is 1. The van der Waals surface area contributed by atoms with Crippen LogP contribution in [0.25, 0.3) is 71.7 Å². The number of nitrogens with two attached hydrogens (primary N) is 1. The normalized spacial score (nSPS) is 13.7. The molecule has 1 aliphatic rings. The lowest BCUT2D eigenvalue weighted by atomic mass is 9.98. The van der Waals surface area contributed by atoms with E-state index < -0.39 is 0 Å². The Morgan fingerprint density at radius 2 is 1.52 bits per heavy atom. The maximum Gasteiger partial charge on any atom is 0.0722 e. The molecule has 3 N–H and O–H groups in total. The van der Waals surface area contributed by atoms with Crippen LogP contribution in [0.1, 0.15) is 25.2 Å². The first-order chi connectivity index (χ1) is 24.5. The predicted molar refractivity (Wildman–Crippen MR) is 211 cm³/mol. The van der Waals surface area contributed by atoms with Crippen molar-refractivity contribution >= 4 is 43.7 Å². The Kier molecular flexibility index (Phi) is 7.94. The zero-order valence-corrected chi connectivity index (χ0v) is 28.2. The van der Waals surface area contributed by atoms with Crippen molar-refractivity contribution in [1.29, 1.82) is 0 Å². The third-order valence-corrected chi connectivity index (χ3v) is 9.48. The Hall–Kier alpha value is -6.46. The Morgan fingerprint density at radius 1 is 0.800 bits per heavy atom. The van der Waals surface area contributed by atoms with Gasteiger partial charge in [0.2, 0.25) is 0 Å². The molecule has 0 fully saturated rings. The van der Waals surface area contributed by atoms with E-state index in [4.69, 9.17) is 10.7 Å². The molecule has 0 amide bonds. The zero-order valence-electron chi connectivity index (χ0n) is 28.2. The highest BCUT2D eigenvalue weighted by atomic mass is 15.0. The lowest BCUT2D eigenvalue weighted by molar-refractivity contribution is 0.961. The third-order valence-electron chi connectivity index (χ3n) is 9.48. The molecule has 8 rings (SSSR count). The molecule has 5 heteroatoms. The van der Waals surface area contributed by atoms with E-state index in [1.807, 2.05) is 37.7 Å². The second-order valence-electron chi connectivity index (χ2n) is 12.8. The Bertz CT molecular complexity index is 2580. The van der Waals surface area contributed by atoms with Crippen LogP contribution in [0, 0.1) is 0 Å². The average molecular weight is 648 g/mol. The number of aromatic nitrogens is 3. The van der Waals surface area contributed by atoms with Crippen molar-refractivity contribution in [2.24, 2.45) is 5.73 Å². The first-order valence-corrected chi connectivity index (χ1v) is 16.8. The van der Waals surface area contributed by atoms with E-state index >= 15 is 0 Å². The largest absolute Gasteiger partial charge is 0.404 e. The van der Waals surface area contributed by atoms with Gasteiger partial charge in [0, 0.05) is 52.6 Å². The number of pyridine rings is 2. The van der Waals surface area contributed by atoms with Crippen LogP contribution in [0.2, 0.25) is 0 Å². The summed E-state index contributed by atoms with van der Waals surface area (Å²) in [6.07, 6.45) is 13.4. The van der Waals surface area contributed by atoms with E-state index in [9.17, 15) is 0 Å². The first kappa shape index (κ1) is 30.8. The van der Waals surface area contributed by atoms with E-state index in [-0.39, 0.29) is 0 Å². The van der Waals surface area contributed by atoms with Crippen LogP contribution in [-0.4, -0.2) is 21.1 Å². The molecule has 0 bridgehead atoms. The number of nitrogens with zero attached hydrogens (tertiary/aromatic N) is 3. The van der Waals surface area contributed by atoms with Crippen LogP contribution in [-0.2, 0) is 0 Å². The van der Waals surface area contributed by atoms with Gasteiger partial charge in [-0.2, -0.15) is 0 Å². The highest BCUT2D eigenvalue weighted by Crippen LogP contribution is 2.39. The van der Waals surface area contributed by atoms with Gasteiger partial charge in [0.15, 0.2) is 0 Å². The molecule has 0 unspecified atom stereocenters. The number of allylic oxidation sites excluding steroid dienone is 6. The molecule has 4 aromatic carbocycles. The molecule has 0 saturated carbocycles. The summed E-state index contributed by atoms with van der Waals surface area (Å²) in [6, 6.07) is 37.2. The fourth-order valence-corrected chi connectivity index (χ4v) is 6.96. The van der Waals surface area contributed by atoms with Gasteiger partial charge in [-0.25, -0.2) is 0 Å². The van der Waals surface area contributed by atoms with E-state index in [1.165, 1.54) is 43.8 Å². The maximum absolute atomic E-state index is 6.03. The Morgan fingerprint density at radius 3 is 2.30 bits per heavy atom. The summed E-state index contributed by atoms with van der Waals surface area (Å²) < 4.78 is 2.41. The molecule has 0 atom stereocenters. The molecule has 4 heterocycles. The molecule has 7 aromatic rings. The van der Waals surface area contributed by atoms with E-state index in [2.05, 4.69) is 138 Å². The van der Waals surface area contributed by atoms with Gasteiger partial charge in [0.1, 0.15) is 0 Å². The van der Waals surface area contributed by atoms with Gasteiger partial charge < -0.3 is 15.6 Å². The van der Waals surface area contributed by atoms with Crippen molar-refractivity contribution < 1.29 is 0 Å². The molecule has 0 spiro atoms. The number of hydrogen-bond donors (Lipinski definition) is 2. The van der Waals surface area contributed by atoms with Gasteiger partial charge in [-0.05, 0) is 113 Å². The summed E-state index contributed by atoms with van der Waals surface area (Å²) in [7, 11) is 0. The summed E-state index contributed by atoms with van der Waals surface area (Å²) >= 11 is 0. The smallest absolute Gasteiger partial charge is 0.0722 e. The third kappa shape index (κ3) is 5.59. The van der Waals surface area contributed by atoms with Gasteiger partial charge in [0.05, 0.1) is 22.4 Å². The number of hydrogen-bond acceptors (Lipinski definition) is 4. The van der Waals surface area contributed by atoms with Gasteiger partial charge in [0.25, 0.3) is 0 Å². The summed E-state index contributed by atoms with van der Waals surface area (Å²) in [5.74, 6) is 0. The van der Waals surface area contributed by atoms with Crippen molar-refractivity contribution in [2.45, 2.75) is 13.8 Å².